The summed E-state index contributed by atoms with van der Waals surface area (Å²) < 4.78 is 11.5. The van der Waals surface area contributed by atoms with Gasteiger partial charge in [-0.25, -0.2) is 9.50 Å². The Morgan fingerprint density at radius 3 is 2.95 bits per heavy atom. The Kier molecular flexibility index (Phi) is 4.89. The molecule has 2 aromatic rings. The van der Waals surface area contributed by atoms with Crippen LogP contribution in [0, 0.1) is 0 Å². The highest BCUT2D eigenvalue weighted by Gasteiger charge is 2.14. The molecule has 0 aliphatic carbocycles. The smallest absolute Gasteiger partial charge is 0.307 e. The predicted molar refractivity (Wildman–Crippen MR) is 73.7 cm³/mol. The van der Waals surface area contributed by atoms with E-state index in [4.69, 9.17) is 4.74 Å². The molecular formula is C13H18N4O3. The second kappa shape index (κ2) is 6.85. The van der Waals surface area contributed by atoms with Crippen LogP contribution in [0.15, 0.2) is 24.7 Å². The summed E-state index contributed by atoms with van der Waals surface area (Å²) in [4.78, 5) is 17.7. The summed E-state index contributed by atoms with van der Waals surface area (Å²) in [5, 5.41) is 4.18. The second-order valence-electron chi connectivity index (χ2n) is 4.22. The monoisotopic (exact) mass is 278 g/mol. The topological polar surface area (TPSA) is 69.0 Å². The van der Waals surface area contributed by atoms with E-state index < -0.39 is 0 Å². The maximum absolute atomic E-state index is 11.3. The highest BCUT2D eigenvalue weighted by atomic mass is 16.5. The third-order valence-electron chi connectivity index (χ3n) is 2.98. The van der Waals surface area contributed by atoms with Gasteiger partial charge in [-0.1, -0.05) is 0 Å². The van der Waals surface area contributed by atoms with Gasteiger partial charge in [-0.05, 0) is 6.07 Å². The predicted octanol–water partition coefficient (Wildman–Crippen LogP) is 0.745. The minimum atomic E-state index is -0.243. The molecular weight excluding hydrogens is 260 g/mol. The van der Waals surface area contributed by atoms with Gasteiger partial charge in [0.1, 0.15) is 5.52 Å². The maximum atomic E-state index is 11.3. The lowest BCUT2D eigenvalue weighted by molar-refractivity contribution is -0.140. The van der Waals surface area contributed by atoms with Crippen molar-refractivity contribution in [1.82, 2.24) is 14.6 Å². The van der Waals surface area contributed by atoms with E-state index in [1.807, 2.05) is 11.0 Å². The Morgan fingerprint density at radius 2 is 2.20 bits per heavy atom. The molecule has 0 unspecified atom stereocenters. The van der Waals surface area contributed by atoms with Crippen molar-refractivity contribution in [2.24, 2.45) is 0 Å². The zero-order valence-corrected chi connectivity index (χ0v) is 11.7. The summed E-state index contributed by atoms with van der Waals surface area (Å²) in [6, 6.07) is 1.89. The van der Waals surface area contributed by atoms with Crippen molar-refractivity contribution in [3.8, 4) is 0 Å². The molecule has 2 heterocycles. The number of carbonyl (C=O) groups is 1. The summed E-state index contributed by atoms with van der Waals surface area (Å²) in [6.45, 7) is 1.72. The Morgan fingerprint density at radius 1 is 1.35 bits per heavy atom. The molecule has 0 saturated carbocycles. The number of rotatable bonds is 7. The number of esters is 1. The van der Waals surface area contributed by atoms with Crippen molar-refractivity contribution in [1.29, 1.82) is 0 Å². The molecule has 2 aromatic heterocycles. The number of fused-ring (bicyclic) bond motifs is 1. The van der Waals surface area contributed by atoms with E-state index in [1.165, 1.54) is 7.11 Å². The summed E-state index contributed by atoms with van der Waals surface area (Å²) in [7, 11) is 3.03. The molecule has 0 spiro atoms. The highest BCUT2D eigenvalue weighted by molar-refractivity contribution is 5.72. The highest BCUT2D eigenvalue weighted by Crippen LogP contribution is 2.18. The van der Waals surface area contributed by atoms with E-state index in [0.29, 0.717) is 26.1 Å². The summed E-state index contributed by atoms with van der Waals surface area (Å²) in [5.74, 6) is 0.541. The standard InChI is InChI=1S/C13H18N4O3/c1-19-10-9-16(7-4-12(18)20-2)13-11-3-5-15-17(11)8-6-14-13/h3,5-6,8H,4,7,9-10H2,1-2H3. The first-order valence-corrected chi connectivity index (χ1v) is 6.35. The molecule has 0 fully saturated rings. The molecule has 2 rings (SSSR count). The molecule has 0 aliphatic rings. The van der Waals surface area contributed by atoms with E-state index >= 15 is 0 Å². The van der Waals surface area contributed by atoms with E-state index in [0.717, 1.165) is 11.3 Å². The second-order valence-corrected chi connectivity index (χ2v) is 4.22. The fourth-order valence-electron chi connectivity index (χ4n) is 1.94. The number of aromatic nitrogens is 3. The molecule has 0 amide bonds. The van der Waals surface area contributed by atoms with Gasteiger partial charge in [-0.15, -0.1) is 0 Å². The molecule has 20 heavy (non-hydrogen) atoms. The minimum Gasteiger partial charge on any atom is -0.469 e. The van der Waals surface area contributed by atoms with Gasteiger partial charge in [0.25, 0.3) is 0 Å². The largest absolute Gasteiger partial charge is 0.469 e. The molecule has 0 atom stereocenters. The van der Waals surface area contributed by atoms with E-state index in [1.54, 1.807) is 30.2 Å². The molecule has 7 heteroatoms. The summed E-state index contributed by atoms with van der Waals surface area (Å²) in [6.07, 6.45) is 5.49. The summed E-state index contributed by atoms with van der Waals surface area (Å²) >= 11 is 0. The van der Waals surface area contributed by atoms with Crippen molar-refractivity contribution in [3.63, 3.8) is 0 Å². The van der Waals surface area contributed by atoms with Crippen molar-refractivity contribution >= 4 is 17.3 Å². The SMILES string of the molecule is COCCN(CCC(=O)OC)c1nccn2nccc12. The Bertz CT molecular complexity index is 569. The maximum Gasteiger partial charge on any atom is 0.307 e. The van der Waals surface area contributed by atoms with Crippen LogP contribution in [-0.2, 0) is 14.3 Å². The number of hydrogen-bond acceptors (Lipinski definition) is 6. The van der Waals surface area contributed by atoms with Gasteiger partial charge in [0.2, 0.25) is 0 Å². The van der Waals surface area contributed by atoms with Crippen LogP contribution in [0.1, 0.15) is 6.42 Å². The van der Waals surface area contributed by atoms with Crippen molar-refractivity contribution in [2.75, 3.05) is 38.8 Å². The number of nitrogens with zero attached hydrogens (tertiary/aromatic N) is 4. The van der Waals surface area contributed by atoms with Gasteiger partial charge in [0, 0.05) is 32.6 Å². The Labute approximate surface area is 117 Å². The van der Waals surface area contributed by atoms with Gasteiger partial charge in [-0.2, -0.15) is 5.10 Å². The Balaban J connectivity index is 2.20. The first-order valence-electron chi connectivity index (χ1n) is 6.35. The van der Waals surface area contributed by atoms with Crippen molar-refractivity contribution in [3.05, 3.63) is 24.7 Å². The van der Waals surface area contributed by atoms with E-state index in [-0.39, 0.29) is 5.97 Å². The summed E-state index contributed by atoms with van der Waals surface area (Å²) in [5.41, 5.74) is 0.897. The fraction of sp³-hybridized carbons (Fsp3) is 0.462. The quantitative estimate of drug-likeness (QED) is 0.696. The molecule has 0 aliphatic heterocycles. The van der Waals surface area contributed by atoms with Crippen molar-refractivity contribution in [2.45, 2.75) is 6.42 Å². The van der Waals surface area contributed by atoms with Gasteiger partial charge in [0.15, 0.2) is 5.82 Å². The fourth-order valence-corrected chi connectivity index (χ4v) is 1.94. The number of carbonyl (C=O) groups excluding carboxylic acids is 1. The molecule has 108 valence electrons. The minimum absolute atomic E-state index is 0.243. The average Bonchev–Trinajstić information content (AvgIpc) is 2.95. The Hall–Kier alpha value is -2.15. The average molecular weight is 278 g/mol. The van der Waals surface area contributed by atoms with Crippen LogP contribution < -0.4 is 4.90 Å². The van der Waals surface area contributed by atoms with Crippen LogP contribution in [0.2, 0.25) is 0 Å². The number of ether oxygens (including phenoxy) is 2. The van der Waals surface area contributed by atoms with Gasteiger partial charge in [-0.3, -0.25) is 4.79 Å². The third-order valence-corrected chi connectivity index (χ3v) is 2.98. The molecule has 7 nitrogen and oxygen atoms in total. The molecule has 0 radical (unpaired) electrons. The number of methoxy groups -OCH3 is 2. The van der Waals surface area contributed by atoms with Gasteiger partial charge >= 0.3 is 5.97 Å². The zero-order chi connectivity index (χ0) is 14.4. The molecule has 0 bridgehead atoms. The lowest BCUT2D eigenvalue weighted by Crippen LogP contribution is -2.31. The molecule has 0 saturated heterocycles. The first-order chi connectivity index (χ1) is 9.76. The van der Waals surface area contributed by atoms with E-state index in [9.17, 15) is 4.79 Å². The van der Waals surface area contributed by atoms with Crippen molar-refractivity contribution < 1.29 is 14.3 Å². The third kappa shape index (κ3) is 3.24. The van der Waals surface area contributed by atoms with Crippen LogP contribution in [-0.4, -0.2) is 54.5 Å². The molecule has 0 N–H and O–H groups in total. The van der Waals surface area contributed by atoms with Gasteiger partial charge < -0.3 is 14.4 Å². The zero-order valence-electron chi connectivity index (χ0n) is 11.7. The van der Waals surface area contributed by atoms with Crippen LogP contribution in [0.4, 0.5) is 5.82 Å². The van der Waals surface area contributed by atoms with Crippen LogP contribution in [0.3, 0.4) is 0 Å². The van der Waals surface area contributed by atoms with Crippen LogP contribution in [0.5, 0.6) is 0 Å². The number of anilines is 1. The number of hydrogen-bond donors (Lipinski definition) is 0. The van der Waals surface area contributed by atoms with E-state index in [2.05, 4.69) is 14.8 Å². The first kappa shape index (κ1) is 14.3. The lowest BCUT2D eigenvalue weighted by Gasteiger charge is -2.23. The lowest BCUT2D eigenvalue weighted by atomic mass is 10.3. The van der Waals surface area contributed by atoms with Gasteiger partial charge in [0.05, 0.1) is 26.3 Å². The van der Waals surface area contributed by atoms with Crippen LogP contribution >= 0.6 is 0 Å². The molecule has 0 aromatic carbocycles. The van der Waals surface area contributed by atoms with Crippen LogP contribution in [0.25, 0.3) is 5.52 Å². The normalized spacial score (nSPS) is 10.7.